The van der Waals surface area contributed by atoms with Gasteiger partial charge < -0.3 is 14.6 Å². The fourth-order valence-corrected chi connectivity index (χ4v) is 3.63. The number of carbonyl (C=O) groups is 2. The Labute approximate surface area is 205 Å². The van der Waals surface area contributed by atoms with E-state index in [1.54, 1.807) is 0 Å². The molecule has 0 bridgehead atoms. The summed E-state index contributed by atoms with van der Waals surface area (Å²) in [5.74, 6) is -7.53. The van der Waals surface area contributed by atoms with Gasteiger partial charge in [-0.1, -0.05) is 23.2 Å². The number of Topliss-reactive ketones (excluding diaryl/α,β-unsaturated/α-hetero) is 1. The van der Waals surface area contributed by atoms with Crippen molar-refractivity contribution in [3.63, 3.8) is 0 Å². The van der Waals surface area contributed by atoms with Gasteiger partial charge in [-0.05, 0) is 25.0 Å². The number of carboxylic acids is 1. The molecule has 0 amide bonds. The molecule has 0 spiro atoms. The normalized spacial score (nSPS) is 18.1. The highest BCUT2D eigenvalue weighted by Gasteiger charge is 2.42. The van der Waals surface area contributed by atoms with Crippen LogP contribution in [0.15, 0.2) is 24.4 Å². The Hall–Kier alpha value is -2.70. The minimum Gasteiger partial charge on any atom is -0.487 e. The van der Waals surface area contributed by atoms with Gasteiger partial charge in [0.2, 0.25) is 5.88 Å². The van der Waals surface area contributed by atoms with E-state index in [2.05, 4.69) is 15.0 Å². The summed E-state index contributed by atoms with van der Waals surface area (Å²) in [6, 6.07) is 1.46. The van der Waals surface area contributed by atoms with Crippen LogP contribution in [0.25, 0.3) is 0 Å². The van der Waals surface area contributed by atoms with Crippen molar-refractivity contribution in [1.29, 1.82) is 0 Å². The van der Waals surface area contributed by atoms with Gasteiger partial charge in [-0.15, -0.1) is 0 Å². The van der Waals surface area contributed by atoms with E-state index in [4.69, 9.17) is 33.0 Å². The number of hydrogen-bond donors (Lipinski definition) is 2. The highest BCUT2D eigenvalue weighted by Crippen LogP contribution is 2.30. The van der Waals surface area contributed by atoms with Crippen molar-refractivity contribution in [1.82, 2.24) is 10.3 Å². The number of hydrogen-bond acceptors (Lipinski definition) is 6. The number of alkyl halides is 4. The van der Waals surface area contributed by atoms with Crippen molar-refractivity contribution in [2.45, 2.75) is 43.9 Å². The zero-order valence-corrected chi connectivity index (χ0v) is 19.1. The summed E-state index contributed by atoms with van der Waals surface area (Å²) in [4.78, 5) is 27.3. The number of benzene rings is 1. The molecule has 1 saturated heterocycles. The second-order valence-corrected chi connectivity index (χ2v) is 8.39. The molecule has 3 rings (SSSR count). The van der Waals surface area contributed by atoms with Gasteiger partial charge in [-0.25, -0.2) is 18.2 Å². The molecule has 2 N–H and O–H groups in total. The average Bonchev–Trinajstić information content (AvgIpc) is 3.29. The number of ether oxygens (including phenoxy) is 2. The average molecular weight is 543 g/mol. The number of nitrogens with one attached hydrogen (secondary N) is 1. The van der Waals surface area contributed by atoms with Crippen LogP contribution in [0.3, 0.4) is 0 Å². The Morgan fingerprint density at radius 1 is 1.14 bits per heavy atom. The van der Waals surface area contributed by atoms with Crippen LogP contribution in [-0.4, -0.2) is 52.9 Å². The third-order valence-electron chi connectivity index (χ3n) is 5.06. The van der Waals surface area contributed by atoms with Crippen LogP contribution < -0.4 is 14.8 Å². The molecule has 0 aliphatic carbocycles. The van der Waals surface area contributed by atoms with E-state index >= 15 is 0 Å². The molecule has 1 fully saturated rings. The molecule has 0 saturated carbocycles. The van der Waals surface area contributed by atoms with Gasteiger partial charge in [0.1, 0.15) is 29.2 Å². The first-order valence-electron chi connectivity index (χ1n) is 9.97. The molecule has 1 aromatic heterocycles. The summed E-state index contributed by atoms with van der Waals surface area (Å²) in [6.07, 6.45) is -2.45. The molecule has 0 radical (unpaired) electrons. The fourth-order valence-electron chi connectivity index (χ4n) is 3.20. The lowest BCUT2D eigenvalue weighted by Gasteiger charge is -2.16. The molecule has 1 aromatic carbocycles. The molecular formula is C21H17Cl2F5N2O5. The van der Waals surface area contributed by atoms with E-state index < -0.39 is 54.5 Å². The van der Waals surface area contributed by atoms with E-state index in [9.17, 15) is 31.5 Å². The Balaban J connectivity index is 1.64. The Morgan fingerprint density at radius 2 is 1.83 bits per heavy atom. The zero-order chi connectivity index (χ0) is 25.9. The molecule has 2 heterocycles. The molecule has 190 valence electrons. The number of carboxylic acid groups (broad SMARTS) is 1. The van der Waals surface area contributed by atoms with Crippen molar-refractivity contribution < 1.29 is 46.1 Å². The van der Waals surface area contributed by atoms with Crippen molar-refractivity contribution >= 4 is 35.0 Å². The van der Waals surface area contributed by atoms with Crippen LogP contribution in [-0.2, 0) is 11.4 Å². The number of carbonyl (C=O) groups excluding carboxylic acids is 1. The third kappa shape index (κ3) is 6.50. The Bertz CT molecular complexity index is 1120. The van der Waals surface area contributed by atoms with E-state index in [0.29, 0.717) is 0 Å². The minimum atomic E-state index is -4.39. The molecule has 2 unspecified atom stereocenters. The number of aliphatic carboxylic acids is 1. The third-order valence-corrected chi connectivity index (χ3v) is 5.68. The number of ketones is 1. The number of nitrogens with zero attached hydrogens (tertiary/aromatic N) is 1. The SMILES string of the molecule is O=C(O)C1CCC(C(=O)c2cc(Cl)c(COc3cnc(OCC(F)(F)C(F)F)c(Cl)c3)cc2F)N1. The monoisotopic (exact) mass is 542 g/mol. The number of aromatic nitrogens is 1. The van der Waals surface area contributed by atoms with Gasteiger partial charge in [0.25, 0.3) is 0 Å². The predicted octanol–water partition coefficient (Wildman–Crippen LogP) is 4.77. The van der Waals surface area contributed by atoms with E-state index in [1.165, 1.54) is 0 Å². The smallest absolute Gasteiger partial charge is 0.340 e. The quantitative estimate of drug-likeness (QED) is 0.329. The van der Waals surface area contributed by atoms with Gasteiger partial charge >= 0.3 is 18.3 Å². The molecule has 2 aromatic rings. The van der Waals surface area contributed by atoms with Crippen molar-refractivity contribution in [2.24, 2.45) is 0 Å². The van der Waals surface area contributed by atoms with Crippen LogP contribution in [0.5, 0.6) is 11.6 Å². The van der Waals surface area contributed by atoms with Crippen molar-refractivity contribution in [3.05, 3.63) is 51.4 Å². The molecule has 1 aliphatic heterocycles. The number of pyridine rings is 1. The second kappa shape index (κ2) is 10.9. The van der Waals surface area contributed by atoms with Crippen LogP contribution in [0.2, 0.25) is 10.0 Å². The van der Waals surface area contributed by atoms with Gasteiger partial charge in [-0.3, -0.25) is 14.9 Å². The van der Waals surface area contributed by atoms with Gasteiger partial charge in [0, 0.05) is 16.7 Å². The summed E-state index contributed by atoms with van der Waals surface area (Å²) in [7, 11) is 0. The molecule has 35 heavy (non-hydrogen) atoms. The van der Waals surface area contributed by atoms with Crippen molar-refractivity contribution in [2.75, 3.05) is 6.61 Å². The van der Waals surface area contributed by atoms with E-state index in [-0.39, 0.29) is 46.4 Å². The standard InChI is InChI=1S/C21H17Cl2F5N2O5/c22-12-5-11(17(31)15-1-2-16(30-15)19(32)33)14(24)3-9(12)7-34-10-4-13(23)18(29-6-10)35-8-21(27,28)20(25)26/h3-6,15-16,20,30H,1-2,7-8H2,(H,32,33). The first-order chi connectivity index (χ1) is 16.4. The van der Waals surface area contributed by atoms with Crippen LogP contribution in [0.1, 0.15) is 28.8 Å². The first kappa shape index (κ1) is 26.9. The summed E-state index contributed by atoms with van der Waals surface area (Å²) in [6.45, 7) is -1.93. The van der Waals surface area contributed by atoms with Crippen LogP contribution in [0, 0.1) is 5.82 Å². The van der Waals surface area contributed by atoms with E-state index in [0.717, 1.165) is 24.4 Å². The molecule has 2 atom stereocenters. The van der Waals surface area contributed by atoms with Crippen LogP contribution >= 0.6 is 23.2 Å². The summed E-state index contributed by atoms with van der Waals surface area (Å²) >= 11 is 12.0. The van der Waals surface area contributed by atoms with Gasteiger partial charge in [-0.2, -0.15) is 8.78 Å². The first-order valence-corrected chi connectivity index (χ1v) is 10.7. The topological polar surface area (TPSA) is 97.8 Å². The maximum Gasteiger partial charge on any atom is 0.340 e. The highest BCUT2D eigenvalue weighted by atomic mass is 35.5. The number of halogens is 7. The lowest BCUT2D eigenvalue weighted by Crippen LogP contribution is -2.39. The highest BCUT2D eigenvalue weighted by molar-refractivity contribution is 6.32. The largest absolute Gasteiger partial charge is 0.487 e. The van der Waals surface area contributed by atoms with Gasteiger partial charge in [0.15, 0.2) is 12.4 Å². The van der Waals surface area contributed by atoms with Crippen LogP contribution in [0.4, 0.5) is 22.0 Å². The maximum atomic E-state index is 14.6. The summed E-state index contributed by atoms with van der Waals surface area (Å²) in [5.41, 5.74) is -0.161. The predicted molar refractivity (Wildman–Crippen MR) is 113 cm³/mol. The van der Waals surface area contributed by atoms with E-state index in [1.807, 2.05) is 0 Å². The lowest BCUT2D eigenvalue weighted by molar-refractivity contribution is -0.148. The number of rotatable bonds is 10. The lowest BCUT2D eigenvalue weighted by atomic mass is 10.0. The molecule has 14 heteroatoms. The fraction of sp³-hybridized carbons (Fsp3) is 0.381. The summed E-state index contributed by atoms with van der Waals surface area (Å²) in [5, 5.41) is 11.4. The maximum absolute atomic E-state index is 14.6. The van der Waals surface area contributed by atoms with Crippen molar-refractivity contribution in [3.8, 4) is 11.6 Å². The second-order valence-electron chi connectivity index (χ2n) is 7.57. The Morgan fingerprint density at radius 3 is 2.43 bits per heavy atom. The molecule has 1 aliphatic rings. The summed E-state index contributed by atoms with van der Waals surface area (Å²) < 4.78 is 74.9. The zero-order valence-electron chi connectivity index (χ0n) is 17.5. The minimum absolute atomic E-state index is 0.00392. The Kier molecular flexibility index (Phi) is 8.39. The van der Waals surface area contributed by atoms with Gasteiger partial charge in [0.05, 0.1) is 17.8 Å². The molecular weight excluding hydrogens is 526 g/mol. The molecule has 7 nitrogen and oxygen atoms in total.